The van der Waals surface area contributed by atoms with Crippen LogP contribution >= 0.6 is 23.4 Å². The Kier molecular flexibility index (Phi) is 5.45. The van der Waals surface area contributed by atoms with Crippen molar-refractivity contribution in [2.45, 2.75) is 6.42 Å². The van der Waals surface area contributed by atoms with Gasteiger partial charge in [-0.3, -0.25) is 4.79 Å². The molecule has 0 aliphatic carbocycles. The maximum atomic E-state index is 10.4. The molecule has 0 fully saturated rings. The van der Waals surface area contributed by atoms with Crippen LogP contribution in [0.2, 0.25) is 0 Å². The first kappa shape index (κ1) is 9.79. The summed E-state index contributed by atoms with van der Waals surface area (Å²) in [6.07, 6.45) is 5.63. The Balaban J connectivity index is 3.95. The molecule has 0 unspecified atom stereocenters. The zero-order valence-corrected chi connectivity index (χ0v) is 7.34. The van der Waals surface area contributed by atoms with E-state index in [9.17, 15) is 4.79 Å². The lowest BCUT2D eigenvalue weighted by atomic mass is 10.4. The van der Waals surface area contributed by atoms with Crippen LogP contribution in [0.3, 0.4) is 0 Å². The van der Waals surface area contributed by atoms with E-state index in [0.29, 0.717) is 6.42 Å². The number of hydrogen-bond donors (Lipinski definition) is 0. The molecule has 0 N–H and O–H groups in total. The van der Waals surface area contributed by atoms with Crippen LogP contribution in [-0.2, 0) is 4.79 Å². The average molecular weight is 177 g/mol. The van der Waals surface area contributed by atoms with E-state index in [-0.39, 0.29) is 5.24 Å². The molecule has 0 aromatic carbocycles. The summed E-state index contributed by atoms with van der Waals surface area (Å²) in [5.74, 6) is 0. The molecule has 10 heavy (non-hydrogen) atoms. The number of thioether (sulfide) groups is 1. The Bertz CT molecular complexity index is 163. The number of rotatable bonds is 4. The highest BCUT2D eigenvalue weighted by molar-refractivity contribution is 8.02. The molecule has 0 aliphatic rings. The minimum absolute atomic E-state index is 0.300. The van der Waals surface area contributed by atoms with Crippen LogP contribution in [0.1, 0.15) is 6.42 Å². The number of halogens is 1. The monoisotopic (exact) mass is 176 g/mol. The van der Waals surface area contributed by atoms with Gasteiger partial charge in [-0.05, 0) is 22.8 Å². The van der Waals surface area contributed by atoms with Crippen molar-refractivity contribution in [2.24, 2.45) is 0 Å². The third-order valence-electron chi connectivity index (χ3n) is 0.879. The molecule has 0 rings (SSSR count). The van der Waals surface area contributed by atoms with Gasteiger partial charge in [-0.25, -0.2) is 0 Å². The maximum Gasteiger partial charge on any atom is 0.226 e. The van der Waals surface area contributed by atoms with Gasteiger partial charge in [-0.15, -0.1) is 11.8 Å². The zero-order chi connectivity index (χ0) is 7.98. The predicted octanol–water partition coefficient (Wildman–Crippen LogP) is 2.57. The second-order valence-corrected chi connectivity index (χ2v) is 2.96. The van der Waals surface area contributed by atoms with Gasteiger partial charge in [0.05, 0.1) is 6.42 Å². The van der Waals surface area contributed by atoms with Crippen LogP contribution in [-0.4, -0.2) is 11.5 Å². The minimum atomic E-state index is -0.331. The Morgan fingerprint density at radius 3 is 2.70 bits per heavy atom. The van der Waals surface area contributed by atoms with Gasteiger partial charge in [0.2, 0.25) is 5.24 Å². The number of carbonyl (C=O) groups excluding carboxylic acids is 1. The molecule has 3 heteroatoms. The van der Waals surface area contributed by atoms with Gasteiger partial charge in [0.15, 0.2) is 0 Å². The number of hydrogen-bond acceptors (Lipinski definition) is 2. The van der Waals surface area contributed by atoms with E-state index in [0.717, 1.165) is 4.91 Å². The molecule has 0 aromatic rings. The normalized spacial score (nSPS) is 11.2. The summed E-state index contributed by atoms with van der Waals surface area (Å²) in [4.78, 5) is 11.3. The molecule has 0 saturated carbocycles. The fourth-order valence-corrected chi connectivity index (χ4v) is 1.20. The van der Waals surface area contributed by atoms with Crippen molar-refractivity contribution in [1.82, 2.24) is 0 Å². The van der Waals surface area contributed by atoms with Crippen molar-refractivity contribution >= 4 is 28.6 Å². The molecular formula is C7H9ClOS. The lowest BCUT2D eigenvalue weighted by molar-refractivity contribution is -0.111. The summed E-state index contributed by atoms with van der Waals surface area (Å²) < 4.78 is 0. The van der Waals surface area contributed by atoms with E-state index >= 15 is 0 Å². The van der Waals surface area contributed by atoms with Crippen molar-refractivity contribution in [2.75, 3.05) is 6.26 Å². The summed E-state index contributed by atoms with van der Waals surface area (Å²) in [5, 5.41) is -0.331. The fourth-order valence-electron chi connectivity index (χ4n) is 0.468. The van der Waals surface area contributed by atoms with Gasteiger partial charge in [-0.2, -0.15) is 0 Å². The molecule has 56 valence electrons. The molecule has 0 saturated heterocycles. The van der Waals surface area contributed by atoms with Crippen LogP contribution in [0.15, 0.2) is 23.6 Å². The fraction of sp³-hybridized carbons (Fsp3) is 0.286. The highest BCUT2D eigenvalue weighted by Crippen LogP contribution is 2.16. The summed E-state index contributed by atoms with van der Waals surface area (Å²) in [6, 6.07) is 0. The minimum Gasteiger partial charge on any atom is -0.281 e. The highest BCUT2D eigenvalue weighted by atomic mass is 35.5. The second kappa shape index (κ2) is 5.57. The first-order valence-corrected chi connectivity index (χ1v) is 4.35. The van der Waals surface area contributed by atoms with Crippen molar-refractivity contribution < 1.29 is 4.79 Å². The number of carbonyl (C=O) groups is 1. The Morgan fingerprint density at radius 2 is 2.40 bits per heavy atom. The topological polar surface area (TPSA) is 17.1 Å². The van der Waals surface area contributed by atoms with Gasteiger partial charge >= 0.3 is 0 Å². The van der Waals surface area contributed by atoms with Gasteiger partial charge in [0.25, 0.3) is 0 Å². The van der Waals surface area contributed by atoms with Crippen LogP contribution in [0, 0.1) is 0 Å². The lowest BCUT2D eigenvalue weighted by Gasteiger charge is -1.95. The Hall–Kier alpha value is -0.210. The second-order valence-electron chi connectivity index (χ2n) is 1.60. The summed E-state index contributed by atoms with van der Waals surface area (Å²) in [6.45, 7) is 3.51. The standard InChI is InChI=1S/C7H9ClOS/c1-3-4-6(10-2)5-7(8)9/h3-4H,1,5H2,2H3. The van der Waals surface area contributed by atoms with Gasteiger partial charge in [-0.1, -0.05) is 18.7 Å². The van der Waals surface area contributed by atoms with E-state index in [1.165, 1.54) is 11.8 Å². The van der Waals surface area contributed by atoms with Gasteiger partial charge in [0.1, 0.15) is 0 Å². The quantitative estimate of drug-likeness (QED) is 0.484. The predicted molar refractivity (Wildman–Crippen MR) is 47.3 cm³/mol. The molecule has 0 aliphatic heterocycles. The smallest absolute Gasteiger partial charge is 0.226 e. The lowest BCUT2D eigenvalue weighted by Crippen LogP contribution is -1.86. The Labute approximate surface area is 70.1 Å². The largest absolute Gasteiger partial charge is 0.281 e. The molecule has 0 heterocycles. The van der Waals surface area contributed by atoms with Crippen molar-refractivity contribution in [1.29, 1.82) is 0 Å². The van der Waals surface area contributed by atoms with E-state index in [1.807, 2.05) is 6.26 Å². The molecule has 0 aromatic heterocycles. The summed E-state index contributed by atoms with van der Waals surface area (Å²) in [7, 11) is 0. The van der Waals surface area contributed by atoms with E-state index in [1.54, 1.807) is 12.2 Å². The van der Waals surface area contributed by atoms with E-state index < -0.39 is 0 Å². The third-order valence-corrected chi connectivity index (χ3v) is 1.82. The molecule has 0 radical (unpaired) electrons. The molecule has 0 bridgehead atoms. The van der Waals surface area contributed by atoms with Crippen LogP contribution in [0.25, 0.3) is 0 Å². The summed E-state index contributed by atoms with van der Waals surface area (Å²) >= 11 is 6.67. The molecular weight excluding hydrogens is 168 g/mol. The van der Waals surface area contributed by atoms with E-state index in [4.69, 9.17) is 11.6 Å². The third kappa shape index (κ3) is 4.65. The maximum absolute atomic E-state index is 10.4. The van der Waals surface area contributed by atoms with Crippen LogP contribution < -0.4 is 0 Å². The first-order valence-electron chi connectivity index (χ1n) is 2.74. The van der Waals surface area contributed by atoms with Gasteiger partial charge < -0.3 is 0 Å². The first-order chi connectivity index (χ1) is 4.70. The molecule has 0 amide bonds. The van der Waals surface area contributed by atoms with Crippen LogP contribution in [0.5, 0.6) is 0 Å². The van der Waals surface area contributed by atoms with Crippen LogP contribution in [0.4, 0.5) is 0 Å². The molecule has 0 spiro atoms. The average Bonchev–Trinajstić information content (AvgIpc) is 1.86. The Morgan fingerprint density at radius 1 is 1.80 bits per heavy atom. The van der Waals surface area contributed by atoms with E-state index in [2.05, 4.69) is 6.58 Å². The molecule has 1 nitrogen and oxygen atoms in total. The number of allylic oxidation sites excluding steroid dienone is 3. The van der Waals surface area contributed by atoms with Crippen molar-refractivity contribution in [3.63, 3.8) is 0 Å². The summed E-state index contributed by atoms with van der Waals surface area (Å²) in [5.41, 5.74) is 0. The zero-order valence-electron chi connectivity index (χ0n) is 5.76. The van der Waals surface area contributed by atoms with Crippen molar-refractivity contribution in [3.05, 3.63) is 23.6 Å². The SMILES string of the molecule is C=CC=C(CC(=O)Cl)SC. The molecule has 0 atom stereocenters. The van der Waals surface area contributed by atoms with Crippen molar-refractivity contribution in [3.8, 4) is 0 Å². The van der Waals surface area contributed by atoms with Gasteiger partial charge in [0, 0.05) is 0 Å². The highest BCUT2D eigenvalue weighted by Gasteiger charge is 1.99.